The van der Waals surface area contributed by atoms with Crippen molar-refractivity contribution in [1.82, 2.24) is 10.6 Å². The molecule has 0 unspecified atom stereocenters. The number of nitrogens with one attached hydrogen (secondary N) is 2. The van der Waals surface area contributed by atoms with E-state index in [1.165, 1.54) is 22.3 Å². The highest BCUT2D eigenvalue weighted by molar-refractivity contribution is 14.0. The molecule has 0 spiro atoms. The number of benzene rings is 2. The molecular weight excluding hydrogens is 489 g/mol. The Morgan fingerprint density at radius 3 is 2.33 bits per heavy atom. The lowest BCUT2D eigenvalue weighted by atomic mass is 9.73. The Hall–Kier alpha value is -1.80. The van der Waals surface area contributed by atoms with E-state index in [9.17, 15) is 0 Å². The van der Waals surface area contributed by atoms with Crippen molar-refractivity contribution in [2.45, 2.75) is 38.6 Å². The van der Waals surface area contributed by atoms with Crippen molar-refractivity contribution >= 4 is 29.9 Å². The van der Waals surface area contributed by atoms with Crippen molar-refractivity contribution in [1.29, 1.82) is 0 Å². The van der Waals surface area contributed by atoms with Gasteiger partial charge in [0.05, 0.1) is 7.11 Å². The smallest absolute Gasteiger partial charge is 0.191 e. The first-order valence-corrected chi connectivity index (χ1v) is 10.3. The molecule has 0 amide bonds. The molecule has 1 saturated heterocycles. The van der Waals surface area contributed by atoms with Gasteiger partial charge in [0, 0.05) is 44.3 Å². The topological polar surface area (TPSA) is 54.9 Å². The minimum Gasteiger partial charge on any atom is -0.496 e. The Morgan fingerprint density at radius 2 is 1.70 bits per heavy atom. The summed E-state index contributed by atoms with van der Waals surface area (Å²) < 4.78 is 11.4. The van der Waals surface area contributed by atoms with Crippen LogP contribution in [0.3, 0.4) is 0 Å². The fraction of sp³-hybridized carbons (Fsp3) is 0.458. The second kappa shape index (κ2) is 11.6. The third kappa shape index (κ3) is 6.11. The van der Waals surface area contributed by atoms with E-state index in [4.69, 9.17) is 9.47 Å². The Labute approximate surface area is 197 Å². The van der Waals surface area contributed by atoms with Crippen LogP contribution in [0.2, 0.25) is 0 Å². The summed E-state index contributed by atoms with van der Waals surface area (Å²) in [4.78, 5) is 4.42. The summed E-state index contributed by atoms with van der Waals surface area (Å²) in [6.45, 7) is 7.27. The zero-order valence-electron chi connectivity index (χ0n) is 18.5. The lowest BCUT2D eigenvalue weighted by Crippen LogP contribution is -2.48. The molecule has 0 radical (unpaired) electrons. The van der Waals surface area contributed by atoms with E-state index in [-0.39, 0.29) is 29.4 Å². The van der Waals surface area contributed by atoms with Crippen molar-refractivity contribution in [2.24, 2.45) is 4.99 Å². The summed E-state index contributed by atoms with van der Waals surface area (Å²) in [6.07, 6.45) is 1.91. The molecule has 1 aliphatic rings. The maximum atomic E-state index is 5.71. The predicted molar refractivity (Wildman–Crippen MR) is 134 cm³/mol. The third-order valence-electron chi connectivity index (χ3n) is 5.77. The molecule has 0 bridgehead atoms. The lowest BCUT2D eigenvalue weighted by Gasteiger charge is -2.39. The molecule has 3 rings (SSSR count). The standard InChI is InChI=1S/C24H33N3O2.HI/c1-18-5-8-20(9-6-18)16-26-23(25-3)27-17-24(11-13-29-14-12-24)21-15-19(2)7-10-22(21)28-4;/h5-10,15H,11-14,16-17H2,1-4H3,(H2,25,26,27);1H. The van der Waals surface area contributed by atoms with Crippen LogP contribution in [0.1, 0.15) is 35.1 Å². The number of hydrogen-bond donors (Lipinski definition) is 2. The Bertz CT molecular complexity index is 831. The van der Waals surface area contributed by atoms with Gasteiger partial charge in [-0.3, -0.25) is 4.99 Å². The molecule has 6 heteroatoms. The van der Waals surface area contributed by atoms with Gasteiger partial charge in [0.25, 0.3) is 0 Å². The largest absolute Gasteiger partial charge is 0.496 e. The first-order valence-electron chi connectivity index (χ1n) is 10.3. The fourth-order valence-corrected chi connectivity index (χ4v) is 3.90. The molecule has 2 aromatic carbocycles. The van der Waals surface area contributed by atoms with Crippen LogP contribution in [-0.2, 0) is 16.7 Å². The molecule has 5 nitrogen and oxygen atoms in total. The second-order valence-electron chi connectivity index (χ2n) is 7.86. The fourth-order valence-electron chi connectivity index (χ4n) is 3.90. The molecule has 1 fully saturated rings. The predicted octanol–water partition coefficient (Wildman–Crippen LogP) is 4.34. The molecule has 1 aliphatic heterocycles. The SMILES string of the molecule is CN=C(NCc1ccc(C)cc1)NCC1(c2cc(C)ccc2OC)CCOCC1.I. The van der Waals surface area contributed by atoms with Crippen molar-refractivity contribution in [2.75, 3.05) is 33.9 Å². The summed E-state index contributed by atoms with van der Waals surface area (Å²) in [5, 5.41) is 6.99. The number of aryl methyl sites for hydroxylation is 2. The summed E-state index contributed by atoms with van der Waals surface area (Å²) >= 11 is 0. The summed E-state index contributed by atoms with van der Waals surface area (Å²) in [5.74, 6) is 1.75. The second-order valence-corrected chi connectivity index (χ2v) is 7.86. The van der Waals surface area contributed by atoms with E-state index in [0.29, 0.717) is 0 Å². The molecule has 2 aromatic rings. The highest BCUT2D eigenvalue weighted by Gasteiger charge is 2.37. The van der Waals surface area contributed by atoms with Gasteiger partial charge in [-0.1, -0.05) is 47.5 Å². The molecule has 0 aromatic heterocycles. The average Bonchev–Trinajstić information content (AvgIpc) is 2.75. The maximum Gasteiger partial charge on any atom is 0.191 e. The number of ether oxygens (including phenoxy) is 2. The molecule has 0 aliphatic carbocycles. The molecular formula is C24H34IN3O2. The van der Waals surface area contributed by atoms with Gasteiger partial charge in [-0.25, -0.2) is 0 Å². The van der Waals surface area contributed by atoms with E-state index < -0.39 is 0 Å². The number of rotatable bonds is 6. The van der Waals surface area contributed by atoms with Gasteiger partial charge in [-0.15, -0.1) is 24.0 Å². The van der Waals surface area contributed by atoms with Crippen LogP contribution >= 0.6 is 24.0 Å². The summed E-state index contributed by atoms with van der Waals surface area (Å²) in [5.41, 5.74) is 4.96. The first-order chi connectivity index (χ1) is 14.1. The van der Waals surface area contributed by atoms with E-state index in [0.717, 1.165) is 50.9 Å². The van der Waals surface area contributed by atoms with Crippen LogP contribution in [-0.4, -0.2) is 39.9 Å². The minimum absolute atomic E-state index is 0. The van der Waals surface area contributed by atoms with Crippen molar-refractivity contribution in [3.8, 4) is 5.75 Å². The van der Waals surface area contributed by atoms with Gasteiger partial charge in [-0.05, 0) is 38.3 Å². The van der Waals surface area contributed by atoms with Gasteiger partial charge >= 0.3 is 0 Å². The molecule has 2 N–H and O–H groups in total. The Morgan fingerprint density at radius 1 is 1.03 bits per heavy atom. The Balaban J connectivity index is 0.00000320. The van der Waals surface area contributed by atoms with E-state index in [2.05, 4.69) is 71.9 Å². The van der Waals surface area contributed by atoms with Crippen LogP contribution in [0, 0.1) is 13.8 Å². The average molecular weight is 523 g/mol. The van der Waals surface area contributed by atoms with Crippen LogP contribution in [0.15, 0.2) is 47.5 Å². The summed E-state index contributed by atoms with van der Waals surface area (Å²) in [6, 6.07) is 15.0. The molecule has 0 atom stereocenters. The van der Waals surface area contributed by atoms with Gasteiger partial charge in [0.1, 0.15) is 5.75 Å². The first kappa shape index (κ1) is 24.5. The van der Waals surface area contributed by atoms with Gasteiger partial charge < -0.3 is 20.1 Å². The molecule has 1 heterocycles. The number of guanidine groups is 1. The number of aliphatic imine (C=N–C) groups is 1. The number of methoxy groups -OCH3 is 1. The molecule has 30 heavy (non-hydrogen) atoms. The minimum atomic E-state index is -0.0446. The van der Waals surface area contributed by atoms with Gasteiger partial charge in [0.2, 0.25) is 0 Å². The zero-order chi connectivity index (χ0) is 20.7. The number of nitrogens with zero attached hydrogens (tertiary/aromatic N) is 1. The highest BCUT2D eigenvalue weighted by atomic mass is 127. The van der Waals surface area contributed by atoms with Crippen molar-refractivity contribution in [3.63, 3.8) is 0 Å². The van der Waals surface area contributed by atoms with Gasteiger partial charge in [0.15, 0.2) is 5.96 Å². The number of halogens is 1. The van der Waals surface area contributed by atoms with Crippen LogP contribution in [0.4, 0.5) is 0 Å². The molecule has 164 valence electrons. The summed E-state index contributed by atoms with van der Waals surface area (Å²) in [7, 11) is 3.56. The van der Waals surface area contributed by atoms with Crippen LogP contribution in [0.5, 0.6) is 5.75 Å². The van der Waals surface area contributed by atoms with Gasteiger partial charge in [-0.2, -0.15) is 0 Å². The lowest BCUT2D eigenvalue weighted by molar-refractivity contribution is 0.0505. The number of hydrogen-bond acceptors (Lipinski definition) is 3. The maximum absolute atomic E-state index is 5.71. The quantitative estimate of drug-likeness (QED) is 0.336. The zero-order valence-corrected chi connectivity index (χ0v) is 20.8. The third-order valence-corrected chi connectivity index (χ3v) is 5.77. The monoisotopic (exact) mass is 523 g/mol. The van der Waals surface area contributed by atoms with Crippen LogP contribution in [0.25, 0.3) is 0 Å². The highest BCUT2D eigenvalue weighted by Crippen LogP contribution is 2.40. The van der Waals surface area contributed by atoms with Crippen LogP contribution < -0.4 is 15.4 Å². The van der Waals surface area contributed by atoms with E-state index in [1.807, 2.05) is 7.05 Å². The Kier molecular flexibility index (Phi) is 9.42. The molecule has 0 saturated carbocycles. The van der Waals surface area contributed by atoms with Crippen molar-refractivity contribution in [3.05, 3.63) is 64.7 Å². The van der Waals surface area contributed by atoms with Crippen molar-refractivity contribution < 1.29 is 9.47 Å². The normalized spacial score (nSPS) is 15.8. The van der Waals surface area contributed by atoms with E-state index >= 15 is 0 Å². The van der Waals surface area contributed by atoms with E-state index in [1.54, 1.807) is 7.11 Å².